The van der Waals surface area contributed by atoms with E-state index >= 15 is 0 Å². The zero-order valence-corrected chi connectivity index (χ0v) is 6.29. The number of carboxylic acids is 1. The first kappa shape index (κ1) is 10.3. The van der Waals surface area contributed by atoms with Crippen LogP contribution in [0.5, 0.6) is 0 Å². The van der Waals surface area contributed by atoms with Crippen molar-refractivity contribution >= 4 is 5.97 Å². The van der Waals surface area contributed by atoms with Gasteiger partial charge in [0, 0.05) is 18.7 Å². The molecule has 0 aromatic rings. The molecule has 0 aliphatic rings. The van der Waals surface area contributed by atoms with Crippen molar-refractivity contribution in [1.29, 1.82) is 0 Å². The van der Waals surface area contributed by atoms with Gasteiger partial charge in [-0.25, -0.2) is 0 Å². The van der Waals surface area contributed by atoms with Crippen molar-refractivity contribution in [1.82, 2.24) is 0 Å². The number of hydrogen-bond acceptors (Lipinski definition) is 4. The monoisotopic (exact) mass is 162 g/mol. The van der Waals surface area contributed by atoms with Gasteiger partial charge in [-0.05, 0) is 6.42 Å². The number of carboxylic acid groups (broad SMARTS) is 1. The topological polar surface area (TPSA) is 110 Å². The van der Waals surface area contributed by atoms with Gasteiger partial charge in [-0.1, -0.05) is 0 Å². The number of rotatable bonds is 5. The predicted molar refractivity (Wildman–Crippen MR) is 39.9 cm³/mol. The van der Waals surface area contributed by atoms with Crippen LogP contribution in [0.2, 0.25) is 0 Å². The van der Waals surface area contributed by atoms with Crippen LogP contribution in [0.3, 0.4) is 0 Å². The van der Waals surface area contributed by atoms with Crippen molar-refractivity contribution in [3.63, 3.8) is 0 Å². The van der Waals surface area contributed by atoms with Gasteiger partial charge in [0.15, 0.2) is 0 Å². The number of aliphatic carboxylic acids is 1. The Morgan fingerprint density at radius 2 is 2.09 bits per heavy atom. The summed E-state index contributed by atoms with van der Waals surface area (Å²) in [6.45, 7) is -0.0686. The third kappa shape index (κ3) is 3.92. The minimum absolute atomic E-state index is 0.0693. The van der Waals surface area contributed by atoms with E-state index in [1.165, 1.54) is 0 Å². The molecule has 0 radical (unpaired) electrons. The normalized spacial score (nSPS) is 15.9. The maximum absolute atomic E-state index is 10.2. The van der Waals surface area contributed by atoms with Gasteiger partial charge in [0.05, 0.1) is 6.42 Å². The summed E-state index contributed by atoms with van der Waals surface area (Å²) in [4.78, 5) is 10.2. The second-order valence-corrected chi connectivity index (χ2v) is 2.61. The van der Waals surface area contributed by atoms with E-state index in [1.54, 1.807) is 0 Å². The van der Waals surface area contributed by atoms with Crippen LogP contribution in [0, 0.1) is 0 Å². The molecule has 0 saturated carbocycles. The predicted octanol–water partition coefficient (Wildman–Crippen LogP) is -1.50. The molecule has 5 heteroatoms. The quantitative estimate of drug-likeness (QED) is 0.393. The lowest BCUT2D eigenvalue weighted by Crippen LogP contribution is -2.49. The lowest BCUT2D eigenvalue weighted by molar-refractivity contribution is -0.138. The molecule has 0 saturated heterocycles. The molecule has 0 aromatic carbocycles. The fraction of sp³-hybridized carbons (Fsp3) is 0.833. The maximum Gasteiger partial charge on any atom is 0.305 e. The van der Waals surface area contributed by atoms with Gasteiger partial charge in [-0.15, -0.1) is 0 Å². The van der Waals surface area contributed by atoms with Gasteiger partial charge in [-0.2, -0.15) is 0 Å². The van der Waals surface area contributed by atoms with E-state index in [0.29, 0.717) is 0 Å². The first-order valence-electron chi connectivity index (χ1n) is 3.36. The second kappa shape index (κ2) is 4.27. The highest BCUT2D eigenvalue weighted by molar-refractivity contribution is 5.68. The second-order valence-electron chi connectivity index (χ2n) is 2.61. The third-order valence-corrected chi connectivity index (χ3v) is 1.52. The Hall–Kier alpha value is -0.650. The smallest absolute Gasteiger partial charge is 0.305 e. The first-order chi connectivity index (χ1) is 5.04. The van der Waals surface area contributed by atoms with Crippen LogP contribution in [-0.2, 0) is 4.79 Å². The van der Waals surface area contributed by atoms with Crippen LogP contribution in [-0.4, -0.2) is 34.9 Å². The lowest BCUT2D eigenvalue weighted by atomic mass is 9.93. The Bertz CT molecular complexity index is 140. The summed E-state index contributed by atoms with van der Waals surface area (Å²) in [5, 5.41) is 16.9. The molecule has 0 aromatic heterocycles. The standard InChI is InChI=1S/C6H14N2O3/c7-4-6(8,1-2-9)3-5(10)11/h9H,1-4,7-8H2,(H,10,11). The molecule has 0 bridgehead atoms. The molecule has 11 heavy (non-hydrogen) atoms. The summed E-state index contributed by atoms with van der Waals surface area (Å²) in [6.07, 6.45) is 0.0137. The highest BCUT2D eigenvalue weighted by Crippen LogP contribution is 2.09. The van der Waals surface area contributed by atoms with E-state index in [0.717, 1.165) is 0 Å². The van der Waals surface area contributed by atoms with E-state index in [-0.39, 0.29) is 26.0 Å². The van der Waals surface area contributed by atoms with Gasteiger partial charge in [0.1, 0.15) is 0 Å². The molecule has 1 atom stereocenters. The van der Waals surface area contributed by atoms with Crippen molar-refractivity contribution in [2.75, 3.05) is 13.2 Å². The zero-order valence-electron chi connectivity index (χ0n) is 6.29. The fourth-order valence-electron chi connectivity index (χ4n) is 0.786. The van der Waals surface area contributed by atoms with Crippen molar-refractivity contribution in [3.8, 4) is 0 Å². The lowest BCUT2D eigenvalue weighted by Gasteiger charge is -2.24. The Morgan fingerprint density at radius 3 is 2.36 bits per heavy atom. The average molecular weight is 162 g/mol. The van der Waals surface area contributed by atoms with Gasteiger partial charge in [-0.3, -0.25) is 4.79 Å². The van der Waals surface area contributed by atoms with Gasteiger partial charge in [0.25, 0.3) is 0 Å². The Kier molecular flexibility index (Phi) is 4.02. The van der Waals surface area contributed by atoms with Gasteiger partial charge < -0.3 is 21.7 Å². The molecule has 0 rings (SSSR count). The van der Waals surface area contributed by atoms with Crippen molar-refractivity contribution in [3.05, 3.63) is 0 Å². The van der Waals surface area contributed by atoms with E-state index in [2.05, 4.69) is 0 Å². The zero-order chi connectivity index (χ0) is 8.91. The SMILES string of the molecule is NCC(N)(CCO)CC(=O)O. The largest absolute Gasteiger partial charge is 0.481 e. The van der Waals surface area contributed by atoms with E-state index < -0.39 is 11.5 Å². The van der Waals surface area contributed by atoms with Crippen LogP contribution >= 0.6 is 0 Å². The average Bonchev–Trinajstić information content (AvgIpc) is 1.87. The molecular weight excluding hydrogens is 148 g/mol. The molecule has 1 unspecified atom stereocenters. The van der Waals surface area contributed by atoms with E-state index in [4.69, 9.17) is 21.7 Å². The fourth-order valence-corrected chi connectivity index (χ4v) is 0.786. The van der Waals surface area contributed by atoms with Gasteiger partial charge in [0.2, 0.25) is 0 Å². The molecular formula is C6H14N2O3. The highest BCUT2D eigenvalue weighted by Gasteiger charge is 2.25. The number of aliphatic hydroxyl groups is 1. The number of carbonyl (C=O) groups is 1. The molecule has 0 fully saturated rings. The van der Waals surface area contributed by atoms with Crippen LogP contribution in [0.15, 0.2) is 0 Å². The molecule has 0 amide bonds. The summed E-state index contributed by atoms with van der Waals surface area (Å²) in [5.74, 6) is -0.994. The Balaban J connectivity index is 3.98. The Morgan fingerprint density at radius 1 is 1.55 bits per heavy atom. The van der Waals surface area contributed by atoms with Crippen LogP contribution in [0.4, 0.5) is 0 Å². The molecule has 6 N–H and O–H groups in total. The molecule has 0 aliphatic heterocycles. The summed E-state index contributed by atoms with van der Waals surface area (Å²) in [7, 11) is 0. The van der Waals surface area contributed by atoms with E-state index in [9.17, 15) is 4.79 Å². The van der Waals surface area contributed by atoms with Crippen LogP contribution in [0.25, 0.3) is 0 Å². The summed E-state index contributed by atoms with van der Waals surface area (Å²) in [5.41, 5.74) is 9.83. The summed E-state index contributed by atoms with van der Waals surface area (Å²) < 4.78 is 0. The molecule has 0 spiro atoms. The molecule has 5 nitrogen and oxygen atoms in total. The minimum atomic E-state index is -0.994. The Labute approximate surface area is 65.0 Å². The number of aliphatic hydroxyl groups excluding tert-OH is 1. The summed E-state index contributed by atoms with van der Waals surface area (Å²) in [6, 6.07) is 0. The van der Waals surface area contributed by atoms with E-state index in [1.807, 2.05) is 0 Å². The first-order valence-corrected chi connectivity index (χ1v) is 3.36. The van der Waals surface area contributed by atoms with Crippen LogP contribution in [0.1, 0.15) is 12.8 Å². The number of hydrogen-bond donors (Lipinski definition) is 4. The van der Waals surface area contributed by atoms with Crippen molar-refractivity contribution in [2.45, 2.75) is 18.4 Å². The van der Waals surface area contributed by atoms with Gasteiger partial charge >= 0.3 is 5.97 Å². The molecule has 66 valence electrons. The van der Waals surface area contributed by atoms with Crippen molar-refractivity contribution in [2.24, 2.45) is 11.5 Å². The number of nitrogens with two attached hydrogens (primary N) is 2. The van der Waals surface area contributed by atoms with Crippen molar-refractivity contribution < 1.29 is 15.0 Å². The molecule has 0 heterocycles. The minimum Gasteiger partial charge on any atom is -0.481 e. The highest BCUT2D eigenvalue weighted by atomic mass is 16.4. The van der Waals surface area contributed by atoms with Crippen LogP contribution < -0.4 is 11.5 Å². The molecule has 0 aliphatic carbocycles. The maximum atomic E-state index is 10.2. The summed E-state index contributed by atoms with van der Waals surface area (Å²) >= 11 is 0. The third-order valence-electron chi connectivity index (χ3n) is 1.52.